The van der Waals surface area contributed by atoms with Gasteiger partial charge in [0.15, 0.2) is 0 Å². The van der Waals surface area contributed by atoms with Gasteiger partial charge in [0.1, 0.15) is 0 Å². The van der Waals surface area contributed by atoms with Gasteiger partial charge in [-0.15, -0.1) is 10.2 Å². The van der Waals surface area contributed by atoms with Crippen LogP contribution in [0, 0.1) is 0 Å². The number of carbonyl (C=O) groups is 1. The minimum Gasteiger partial charge on any atom is -0.349 e. The molecule has 1 unspecified atom stereocenters. The Morgan fingerprint density at radius 3 is 2.59 bits per heavy atom. The summed E-state index contributed by atoms with van der Waals surface area (Å²) in [6.07, 6.45) is -4.70. The summed E-state index contributed by atoms with van der Waals surface area (Å²) in [7, 11) is 0. The summed E-state index contributed by atoms with van der Waals surface area (Å²) < 4.78 is 38.3. The highest BCUT2D eigenvalue weighted by Gasteiger charge is 2.38. The molecular formula is C17H16F3N5OS. The minimum absolute atomic E-state index is 0.134. The van der Waals surface area contributed by atoms with Crippen LogP contribution in [0.25, 0.3) is 10.8 Å². The fourth-order valence-electron chi connectivity index (χ4n) is 2.54. The summed E-state index contributed by atoms with van der Waals surface area (Å²) in [5.74, 6) is 3.55. The number of fused-ring (bicyclic) bond motifs is 1. The predicted octanol–water partition coefficient (Wildman–Crippen LogP) is 3.13. The summed E-state index contributed by atoms with van der Waals surface area (Å²) in [5.41, 5.74) is 0.924. The van der Waals surface area contributed by atoms with E-state index >= 15 is 0 Å². The lowest BCUT2D eigenvalue weighted by atomic mass is 10.0. The van der Waals surface area contributed by atoms with E-state index in [1.54, 1.807) is 0 Å². The summed E-state index contributed by atoms with van der Waals surface area (Å²) in [4.78, 5) is 12.1. The van der Waals surface area contributed by atoms with Gasteiger partial charge >= 0.3 is 6.18 Å². The van der Waals surface area contributed by atoms with Crippen molar-refractivity contribution in [3.63, 3.8) is 0 Å². The number of nitrogen functional groups attached to an aromatic ring is 1. The van der Waals surface area contributed by atoms with Gasteiger partial charge < -0.3 is 11.2 Å². The highest BCUT2D eigenvalue weighted by Crippen LogP contribution is 2.29. The molecule has 0 radical (unpaired) electrons. The Bertz CT molecular complexity index is 973. The van der Waals surface area contributed by atoms with Gasteiger partial charge in [-0.3, -0.25) is 4.79 Å². The lowest BCUT2D eigenvalue weighted by Crippen LogP contribution is -2.28. The van der Waals surface area contributed by atoms with Crippen molar-refractivity contribution < 1.29 is 18.0 Å². The Balaban J connectivity index is 1.61. The molecule has 0 fully saturated rings. The van der Waals surface area contributed by atoms with Crippen LogP contribution in [0.3, 0.4) is 0 Å². The molecule has 142 valence electrons. The molecule has 0 saturated carbocycles. The zero-order valence-electron chi connectivity index (χ0n) is 14.2. The van der Waals surface area contributed by atoms with Gasteiger partial charge in [0.05, 0.1) is 11.8 Å². The Morgan fingerprint density at radius 2 is 1.93 bits per heavy atom. The number of amides is 1. The quantitative estimate of drug-likeness (QED) is 0.512. The second-order valence-corrected chi connectivity index (χ2v) is 6.80. The van der Waals surface area contributed by atoms with E-state index in [1.165, 1.54) is 0 Å². The number of halogens is 3. The standard InChI is InChI=1S/C17H16F3N5OS/c1-10(12-7-6-11-4-2-3-5-13(11)8-12)22-14(26)9-27-16-24-23-15(25(16)21)17(18,19)20/h2-8,10H,9,21H2,1H3,(H,22,26). The average molecular weight is 395 g/mol. The number of alkyl halides is 3. The SMILES string of the molecule is CC(NC(=O)CSc1nnc(C(F)(F)F)n1N)c1ccc2ccccc2c1. The van der Waals surface area contributed by atoms with Crippen LogP contribution < -0.4 is 11.2 Å². The lowest BCUT2D eigenvalue weighted by molar-refractivity contribution is -0.146. The molecule has 10 heteroatoms. The van der Waals surface area contributed by atoms with Crippen molar-refractivity contribution >= 4 is 28.4 Å². The number of aromatic nitrogens is 3. The van der Waals surface area contributed by atoms with E-state index in [2.05, 4.69) is 15.5 Å². The minimum atomic E-state index is -4.70. The predicted molar refractivity (Wildman–Crippen MR) is 96.4 cm³/mol. The first kappa shape index (κ1) is 19.0. The second-order valence-electron chi connectivity index (χ2n) is 5.86. The third kappa shape index (κ3) is 4.33. The van der Waals surface area contributed by atoms with Crippen molar-refractivity contribution in [2.45, 2.75) is 24.3 Å². The van der Waals surface area contributed by atoms with Crippen molar-refractivity contribution in [1.29, 1.82) is 0 Å². The van der Waals surface area contributed by atoms with Gasteiger partial charge in [0, 0.05) is 0 Å². The molecule has 0 aliphatic heterocycles. The number of nitrogens with one attached hydrogen (secondary N) is 1. The van der Waals surface area contributed by atoms with E-state index in [9.17, 15) is 18.0 Å². The smallest absolute Gasteiger partial charge is 0.349 e. The van der Waals surface area contributed by atoms with E-state index < -0.39 is 12.0 Å². The van der Waals surface area contributed by atoms with Crippen molar-refractivity contribution in [2.75, 3.05) is 11.6 Å². The maximum atomic E-state index is 12.6. The average Bonchev–Trinajstić information content (AvgIpc) is 3.00. The maximum Gasteiger partial charge on any atom is 0.453 e. The van der Waals surface area contributed by atoms with Gasteiger partial charge in [-0.05, 0) is 29.3 Å². The largest absolute Gasteiger partial charge is 0.453 e. The van der Waals surface area contributed by atoms with Crippen molar-refractivity contribution in [3.05, 3.63) is 53.9 Å². The van der Waals surface area contributed by atoms with Crippen LogP contribution in [-0.4, -0.2) is 26.5 Å². The molecule has 0 aliphatic carbocycles. The fourth-order valence-corrected chi connectivity index (χ4v) is 3.21. The molecule has 1 aromatic heterocycles. The Kier molecular flexibility index (Phi) is 5.26. The number of thioether (sulfide) groups is 1. The zero-order valence-corrected chi connectivity index (χ0v) is 15.0. The van der Waals surface area contributed by atoms with E-state index in [1.807, 2.05) is 49.4 Å². The fraction of sp³-hybridized carbons (Fsp3) is 0.235. The Hall–Kier alpha value is -2.75. The van der Waals surface area contributed by atoms with Crippen LogP contribution in [0.4, 0.5) is 13.2 Å². The summed E-state index contributed by atoms with van der Waals surface area (Å²) >= 11 is 0.784. The Labute approximate surface area is 156 Å². The molecule has 0 aliphatic rings. The first-order valence-corrected chi connectivity index (χ1v) is 8.93. The number of hydrogen-bond acceptors (Lipinski definition) is 5. The highest BCUT2D eigenvalue weighted by atomic mass is 32.2. The molecule has 0 saturated heterocycles. The van der Waals surface area contributed by atoms with E-state index in [-0.39, 0.29) is 22.9 Å². The van der Waals surface area contributed by atoms with Gasteiger partial charge in [-0.25, -0.2) is 4.68 Å². The van der Waals surface area contributed by atoms with Gasteiger partial charge in [-0.1, -0.05) is 48.2 Å². The van der Waals surface area contributed by atoms with Crippen LogP contribution in [0.1, 0.15) is 24.4 Å². The first-order chi connectivity index (χ1) is 12.8. The van der Waals surface area contributed by atoms with Crippen molar-refractivity contribution in [1.82, 2.24) is 20.2 Å². The zero-order chi connectivity index (χ0) is 19.6. The molecule has 6 nitrogen and oxygen atoms in total. The Morgan fingerprint density at radius 1 is 1.22 bits per heavy atom. The maximum absolute atomic E-state index is 12.6. The second kappa shape index (κ2) is 7.47. The summed E-state index contributed by atoms with van der Waals surface area (Å²) in [6, 6.07) is 13.5. The van der Waals surface area contributed by atoms with Crippen LogP contribution in [0.15, 0.2) is 47.6 Å². The number of rotatable bonds is 5. The van der Waals surface area contributed by atoms with Crippen LogP contribution in [-0.2, 0) is 11.0 Å². The number of nitrogens with two attached hydrogens (primary N) is 1. The van der Waals surface area contributed by atoms with Crippen molar-refractivity contribution in [2.24, 2.45) is 0 Å². The summed E-state index contributed by atoms with van der Waals surface area (Å²) in [5, 5.41) is 11.2. The molecule has 0 spiro atoms. The number of hydrogen-bond donors (Lipinski definition) is 2. The summed E-state index contributed by atoms with van der Waals surface area (Å²) in [6.45, 7) is 1.83. The molecular weight excluding hydrogens is 379 g/mol. The van der Waals surface area contributed by atoms with Crippen LogP contribution >= 0.6 is 11.8 Å². The molecule has 1 atom stereocenters. The van der Waals surface area contributed by atoms with Gasteiger partial charge in [0.25, 0.3) is 5.82 Å². The van der Waals surface area contributed by atoms with E-state index in [4.69, 9.17) is 5.84 Å². The molecule has 27 heavy (non-hydrogen) atoms. The van der Waals surface area contributed by atoms with Gasteiger partial charge in [0.2, 0.25) is 11.1 Å². The third-order valence-electron chi connectivity index (χ3n) is 3.90. The van der Waals surface area contributed by atoms with Crippen molar-refractivity contribution in [3.8, 4) is 0 Å². The normalized spacial score (nSPS) is 12.9. The molecule has 3 rings (SSSR count). The van der Waals surface area contributed by atoms with E-state index in [0.717, 1.165) is 28.1 Å². The number of carbonyl (C=O) groups excluding carboxylic acids is 1. The highest BCUT2D eigenvalue weighted by molar-refractivity contribution is 7.99. The molecule has 3 N–H and O–H groups in total. The van der Waals surface area contributed by atoms with Gasteiger partial charge in [-0.2, -0.15) is 13.2 Å². The number of benzene rings is 2. The molecule has 1 amide bonds. The topological polar surface area (TPSA) is 85.8 Å². The lowest BCUT2D eigenvalue weighted by Gasteiger charge is -2.15. The number of nitrogens with zero attached hydrogens (tertiary/aromatic N) is 3. The molecule has 1 heterocycles. The van der Waals surface area contributed by atoms with Crippen LogP contribution in [0.5, 0.6) is 0 Å². The van der Waals surface area contributed by atoms with Crippen LogP contribution in [0.2, 0.25) is 0 Å². The molecule has 2 aromatic carbocycles. The first-order valence-electron chi connectivity index (χ1n) is 7.94. The molecule has 3 aromatic rings. The molecule has 0 bridgehead atoms. The third-order valence-corrected chi connectivity index (χ3v) is 4.84. The van der Waals surface area contributed by atoms with E-state index in [0.29, 0.717) is 4.68 Å². The monoisotopic (exact) mass is 395 g/mol.